The van der Waals surface area contributed by atoms with E-state index in [2.05, 4.69) is 25.9 Å². The monoisotopic (exact) mass is 545 g/mol. The summed E-state index contributed by atoms with van der Waals surface area (Å²) in [6, 6.07) is 3.38. The maximum atomic E-state index is 13.2. The molecule has 1 aromatic heterocycles. The quantitative estimate of drug-likeness (QED) is 0.113. The van der Waals surface area contributed by atoms with Gasteiger partial charge in [-0.2, -0.15) is 0 Å². The number of hydrogen-bond acceptors (Lipinski definition) is 8. The van der Waals surface area contributed by atoms with Gasteiger partial charge in [-0.15, -0.1) is 0 Å². The number of H-pyrrole nitrogens is 1. The van der Waals surface area contributed by atoms with Crippen molar-refractivity contribution in [2.24, 2.45) is 11.5 Å². The molecule has 0 aliphatic rings. The average molecular weight is 546 g/mol. The fraction of sp³-hybridized carbons (Fsp3) is 0.375. The Bertz CT molecular complexity index is 1160. The molecule has 4 unspecified atom stereocenters. The molecule has 10 N–H and O–H groups in total. The van der Waals surface area contributed by atoms with E-state index in [1.165, 1.54) is 12.5 Å². The van der Waals surface area contributed by atoms with Gasteiger partial charge in [-0.1, -0.05) is 30.3 Å². The highest BCUT2D eigenvalue weighted by Crippen LogP contribution is 2.06. The second-order valence-electron chi connectivity index (χ2n) is 8.70. The molecular weight excluding hydrogens is 514 g/mol. The molecule has 39 heavy (non-hydrogen) atoms. The predicted octanol–water partition coefficient (Wildman–Crippen LogP) is -2.20. The summed E-state index contributed by atoms with van der Waals surface area (Å²) in [5, 5.41) is 25.2. The summed E-state index contributed by atoms with van der Waals surface area (Å²) in [5.41, 5.74) is 12.4. The number of imidazole rings is 1. The van der Waals surface area contributed by atoms with Crippen LogP contribution in [0.2, 0.25) is 0 Å². The highest BCUT2D eigenvalue weighted by molar-refractivity contribution is 5.95. The third kappa shape index (κ3) is 10.6. The fourth-order valence-corrected chi connectivity index (χ4v) is 3.54. The molecule has 0 saturated carbocycles. The Labute approximate surface area is 222 Å². The van der Waals surface area contributed by atoms with Gasteiger partial charge in [0.25, 0.3) is 0 Å². The van der Waals surface area contributed by atoms with Crippen molar-refractivity contribution in [3.05, 3.63) is 54.1 Å². The molecule has 15 nitrogen and oxygen atoms in total. The van der Waals surface area contributed by atoms with Crippen LogP contribution >= 0.6 is 0 Å². The number of carboxylic acids is 2. The molecule has 0 saturated heterocycles. The zero-order chi connectivity index (χ0) is 28.9. The molecule has 4 amide bonds. The maximum absolute atomic E-state index is 13.2. The molecule has 210 valence electrons. The lowest BCUT2D eigenvalue weighted by Gasteiger charge is -2.25. The van der Waals surface area contributed by atoms with E-state index < -0.39 is 66.2 Å². The van der Waals surface area contributed by atoms with Crippen molar-refractivity contribution in [1.82, 2.24) is 25.9 Å². The Hall–Kier alpha value is -4.79. The number of rotatable bonds is 16. The molecule has 1 heterocycles. The lowest BCUT2D eigenvalue weighted by Crippen LogP contribution is -2.58. The van der Waals surface area contributed by atoms with Gasteiger partial charge in [-0.05, 0) is 18.4 Å². The molecule has 15 heteroatoms. The number of carboxylic acid groups (broad SMARTS) is 2. The first-order valence-electron chi connectivity index (χ1n) is 11.9. The van der Waals surface area contributed by atoms with Crippen LogP contribution in [0.15, 0.2) is 42.9 Å². The molecule has 0 fully saturated rings. The summed E-state index contributed by atoms with van der Waals surface area (Å²) in [4.78, 5) is 79.2. The van der Waals surface area contributed by atoms with Crippen LogP contribution < -0.4 is 27.4 Å². The summed E-state index contributed by atoms with van der Waals surface area (Å²) in [5.74, 6) is -6.34. The van der Waals surface area contributed by atoms with E-state index in [-0.39, 0.29) is 25.7 Å². The van der Waals surface area contributed by atoms with Crippen molar-refractivity contribution in [3.8, 4) is 0 Å². The number of nitrogens with zero attached hydrogens (tertiary/aromatic N) is 1. The number of carbonyl (C=O) groups excluding carboxylic acids is 4. The summed E-state index contributed by atoms with van der Waals surface area (Å²) in [6.07, 6.45) is 1.29. The van der Waals surface area contributed by atoms with E-state index in [0.717, 1.165) is 5.56 Å². The topological polar surface area (TPSA) is 260 Å². The number of primary amides is 1. The number of carbonyl (C=O) groups is 6. The van der Waals surface area contributed by atoms with Gasteiger partial charge >= 0.3 is 11.9 Å². The molecule has 0 aliphatic heterocycles. The van der Waals surface area contributed by atoms with Crippen LogP contribution in [-0.4, -0.2) is 79.9 Å². The standard InChI is InChI=1S/C24H31N7O8/c25-15(8-13-4-2-1-3-5-13)21(35)29-16(6-7-19(26)32)22(36)30-17(9-14-11-27-12-28-14)23(37)31-18(24(38)39)10-20(33)34/h1-5,11-12,15-18H,6-10,25H2,(H2,26,32)(H,27,28)(H,29,35)(H,30,36)(H,31,37)(H,33,34)(H,38,39). The van der Waals surface area contributed by atoms with Gasteiger partial charge < -0.3 is 42.6 Å². The Morgan fingerprint density at radius 1 is 0.872 bits per heavy atom. The van der Waals surface area contributed by atoms with Crippen LogP contribution in [0, 0.1) is 0 Å². The van der Waals surface area contributed by atoms with E-state index in [4.69, 9.17) is 16.6 Å². The number of hydrogen-bond donors (Lipinski definition) is 8. The van der Waals surface area contributed by atoms with Crippen LogP contribution in [0.1, 0.15) is 30.5 Å². The van der Waals surface area contributed by atoms with E-state index in [1.54, 1.807) is 30.3 Å². The summed E-state index contributed by atoms with van der Waals surface area (Å²) in [6.45, 7) is 0. The second-order valence-corrected chi connectivity index (χ2v) is 8.70. The lowest BCUT2D eigenvalue weighted by molar-refractivity contribution is -0.147. The van der Waals surface area contributed by atoms with E-state index in [1.807, 2.05) is 0 Å². The number of benzene rings is 1. The molecule has 0 bridgehead atoms. The largest absolute Gasteiger partial charge is 0.481 e. The summed E-state index contributed by atoms with van der Waals surface area (Å²) < 4.78 is 0. The predicted molar refractivity (Wildman–Crippen MR) is 135 cm³/mol. The molecule has 0 aliphatic carbocycles. The Morgan fingerprint density at radius 2 is 1.49 bits per heavy atom. The number of nitrogens with one attached hydrogen (secondary N) is 4. The van der Waals surface area contributed by atoms with Crippen molar-refractivity contribution >= 4 is 35.6 Å². The summed E-state index contributed by atoms with van der Waals surface area (Å²) in [7, 11) is 0. The van der Waals surface area contributed by atoms with Gasteiger partial charge in [-0.25, -0.2) is 9.78 Å². The number of amides is 4. The Balaban J connectivity index is 2.19. The maximum Gasteiger partial charge on any atom is 0.326 e. The van der Waals surface area contributed by atoms with Crippen molar-refractivity contribution in [1.29, 1.82) is 0 Å². The second kappa shape index (κ2) is 14.8. The van der Waals surface area contributed by atoms with Crippen LogP contribution in [0.25, 0.3) is 0 Å². The molecule has 2 rings (SSSR count). The van der Waals surface area contributed by atoms with Crippen molar-refractivity contribution in [2.75, 3.05) is 0 Å². The van der Waals surface area contributed by atoms with Crippen LogP contribution in [0.5, 0.6) is 0 Å². The summed E-state index contributed by atoms with van der Waals surface area (Å²) >= 11 is 0. The van der Waals surface area contributed by atoms with Crippen molar-refractivity contribution in [3.63, 3.8) is 0 Å². The Morgan fingerprint density at radius 3 is 2.05 bits per heavy atom. The van der Waals surface area contributed by atoms with E-state index in [0.29, 0.717) is 5.69 Å². The first-order chi connectivity index (χ1) is 18.5. The van der Waals surface area contributed by atoms with Gasteiger partial charge in [0, 0.05) is 24.7 Å². The number of aromatic amines is 1. The van der Waals surface area contributed by atoms with Gasteiger partial charge in [0.05, 0.1) is 18.8 Å². The van der Waals surface area contributed by atoms with E-state index >= 15 is 0 Å². The smallest absolute Gasteiger partial charge is 0.326 e. The fourth-order valence-electron chi connectivity index (χ4n) is 3.54. The van der Waals surface area contributed by atoms with Gasteiger partial charge in [0.1, 0.15) is 18.1 Å². The minimum absolute atomic E-state index is 0.168. The number of aromatic nitrogens is 2. The first-order valence-corrected chi connectivity index (χ1v) is 11.9. The van der Waals surface area contributed by atoms with Gasteiger partial charge in [0.2, 0.25) is 23.6 Å². The van der Waals surface area contributed by atoms with E-state index in [9.17, 15) is 33.9 Å². The number of aliphatic carboxylic acids is 2. The van der Waals surface area contributed by atoms with Crippen LogP contribution in [0.3, 0.4) is 0 Å². The SMILES string of the molecule is NC(=O)CCC(NC(=O)C(N)Cc1ccccc1)C(=O)NC(Cc1cnc[nH]1)C(=O)NC(CC(=O)O)C(=O)O. The average Bonchev–Trinajstić information content (AvgIpc) is 3.38. The highest BCUT2D eigenvalue weighted by atomic mass is 16.4. The zero-order valence-corrected chi connectivity index (χ0v) is 20.8. The van der Waals surface area contributed by atoms with Crippen molar-refractivity contribution in [2.45, 2.75) is 56.3 Å². The molecular formula is C24H31N7O8. The van der Waals surface area contributed by atoms with Gasteiger partial charge in [-0.3, -0.25) is 24.0 Å². The van der Waals surface area contributed by atoms with Crippen LogP contribution in [-0.2, 0) is 41.6 Å². The number of nitrogens with two attached hydrogens (primary N) is 2. The van der Waals surface area contributed by atoms with Gasteiger partial charge in [0.15, 0.2) is 0 Å². The lowest BCUT2D eigenvalue weighted by atomic mass is 10.0. The third-order valence-corrected chi connectivity index (χ3v) is 5.55. The first kappa shape index (κ1) is 30.4. The van der Waals surface area contributed by atoms with Crippen molar-refractivity contribution < 1.29 is 39.0 Å². The Kier molecular flexibility index (Phi) is 11.6. The molecule has 1 aromatic carbocycles. The minimum atomic E-state index is -1.77. The molecule has 2 aromatic rings. The molecule has 4 atom stereocenters. The highest BCUT2D eigenvalue weighted by Gasteiger charge is 2.31. The third-order valence-electron chi connectivity index (χ3n) is 5.55. The minimum Gasteiger partial charge on any atom is -0.481 e. The normalized spacial score (nSPS) is 13.8. The molecule has 0 radical (unpaired) electrons. The van der Waals surface area contributed by atoms with Crippen LogP contribution in [0.4, 0.5) is 0 Å². The zero-order valence-electron chi connectivity index (χ0n) is 20.8. The molecule has 0 spiro atoms.